The quantitative estimate of drug-likeness (QED) is 0.799. The van der Waals surface area contributed by atoms with Gasteiger partial charge < -0.3 is 9.88 Å². The summed E-state index contributed by atoms with van der Waals surface area (Å²) in [5, 5.41) is 8.91. The summed E-state index contributed by atoms with van der Waals surface area (Å²) in [4.78, 5) is 5.25. The second-order valence-corrected chi connectivity index (χ2v) is 4.70. The molecule has 0 saturated heterocycles. The number of H-pyrrole nitrogens is 1. The lowest BCUT2D eigenvalue weighted by atomic mass is 9.95. The van der Waals surface area contributed by atoms with Crippen LogP contribution in [0.3, 0.4) is 0 Å². The number of aromatic nitrogens is 1. The Morgan fingerprint density at radius 2 is 2.27 bits per heavy atom. The van der Waals surface area contributed by atoms with Gasteiger partial charge in [0.1, 0.15) is 0 Å². The van der Waals surface area contributed by atoms with E-state index in [1.54, 1.807) is 0 Å². The van der Waals surface area contributed by atoms with Crippen molar-refractivity contribution in [1.29, 1.82) is 5.26 Å². The average molecular weight is 205 g/mol. The normalized spacial score (nSPS) is 11.7. The monoisotopic (exact) mass is 205 g/mol. The van der Waals surface area contributed by atoms with Crippen LogP contribution in [0.1, 0.15) is 19.4 Å². The molecule has 0 aliphatic heterocycles. The van der Waals surface area contributed by atoms with Crippen molar-refractivity contribution in [2.24, 2.45) is 5.41 Å². The molecule has 1 N–H and O–H groups in total. The van der Waals surface area contributed by atoms with Gasteiger partial charge in [0.15, 0.2) is 0 Å². The second-order valence-electron chi connectivity index (χ2n) is 4.70. The van der Waals surface area contributed by atoms with E-state index >= 15 is 0 Å². The Morgan fingerprint density at radius 3 is 2.80 bits per heavy atom. The molecule has 0 bridgehead atoms. The first kappa shape index (κ1) is 11.8. The van der Waals surface area contributed by atoms with E-state index in [9.17, 15) is 0 Å². The maximum atomic E-state index is 8.91. The maximum absolute atomic E-state index is 8.91. The molecule has 0 aliphatic carbocycles. The van der Waals surface area contributed by atoms with E-state index in [4.69, 9.17) is 5.26 Å². The Balaban J connectivity index is 2.31. The van der Waals surface area contributed by atoms with Crippen molar-refractivity contribution in [3.63, 3.8) is 0 Å². The highest BCUT2D eigenvalue weighted by molar-refractivity contribution is 5.08. The van der Waals surface area contributed by atoms with Gasteiger partial charge >= 0.3 is 0 Å². The summed E-state index contributed by atoms with van der Waals surface area (Å²) < 4.78 is 0. The standard InChI is InChI=1S/C12H19N3/c1-12(2,9-13)10-15(3)7-5-11-4-6-14-8-11/h4,6,8,14H,5,7,10H2,1-3H3. The summed E-state index contributed by atoms with van der Waals surface area (Å²) in [6, 6.07) is 4.40. The van der Waals surface area contributed by atoms with Crippen molar-refractivity contribution in [1.82, 2.24) is 9.88 Å². The Kier molecular flexibility index (Phi) is 3.93. The number of aromatic amines is 1. The predicted octanol–water partition coefficient (Wildman–Crippen LogP) is 2.04. The number of hydrogen-bond acceptors (Lipinski definition) is 2. The number of nitrogens with one attached hydrogen (secondary N) is 1. The highest BCUT2D eigenvalue weighted by Crippen LogP contribution is 2.14. The lowest BCUT2D eigenvalue weighted by Crippen LogP contribution is -2.31. The van der Waals surface area contributed by atoms with Crippen molar-refractivity contribution in [2.75, 3.05) is 20.1 Å². The molecule has 1 aromatic rings. The van der Waals surface area contributed by atoms with Crippen LogP contribution in [0.25, 0.3) is 0 Å². The van der Waals surface area contributed by atoms with Crippen LogP contribution in [0.2, 0.25) is 0 Å². The predicted molar refractivity (Wildman–Crippen MR) is 61.4 cm³/mol. The summed E-state index contributed by atoms with van der Waals surface area (Å²) in [6.45, 7) is 5.75. The summed E-state index contributed by atoms with van der Waals surface area (Å²) in [7, 11) is 2.06. The van der Waals surface area contributed by atoms with Crippen molar-refractivity contribution >= 4 is 0 Å². The largest absolute Gasteiger partial charge is 0.367 e. The molecule has 0 saturated carbocycles. The maximum Gasteiger partial charge on any atom is 0.0697 e. The molecule has 0 unspecified atom stereocenters. The molecule has 0 atom stereocenters. The molecule has 0 aromatic carbocycles. The van der Waals surface area contributed by atoms with Crippen LogP contribution in [0.15, 0.2) is 18.5 Å². The molecule has 0 radical (unpaired) electrons. The minimum atomic E-state index is -0.257. The van der Waals surface area contributed by atoms with Gasteiger partial charge in [-0.3, -0.25) is 0 Å². The van der Waals surface area contributed by atoms with Crippen molar-refractivity contribution < 1.29 is 0 Å². The lowest BCUT2D eigenvalue weighted by molar-refractivity contribution is 0.258. The molecule has 0 spiro atoms. The highest BCUT2D eigenvalue weighted by atomic mass is 15.1. The van der Waals surface area contributed by atoms with Crippen LogP contribution in [0, 0.1) is 16.7 Å². The van der Waals surface area contributed by atoms with Gasteiger partial charge in [-0.2, -0.15) is 5.26 Å². The SMILES string of the molecule is CN(CCc1cc[nH]c1)CC(C)(C)C#N. The Hall–Kier alpha value is -1.27. The van der Waals surface area contributed by atoms with Gasteiger partial charge in [0.25, 0.3) is 0 Å². The fourth-order valence-corrected chi connectivity index (χ4v) is 1.62. The molecule has 15 heavy (non-hydrogen) atoms. The van der Waals surface area contributed by atoms with Gasteiger partial charge in [-0.25, -0.2) is 0 Å². The first-order chi connectivity index (χ1) is 7.03. The molecular formula is C12H19N3. The number of rotatable bonds is 5. The van der Waals surface area contributed by atoms with E-state index in [1.165, 1.54) is 5.56 Å². The van der Waals surface area contributed by atoms with Crippen LogP contribution >= 0.6 is 0 Å². The topological polar surface area (TPSA) is 42.8 Å². The average Bonchev–Trinajstić information content (AvgIpc) is 2.66. The van der Waals surface area contributed by atoms with Crippen LogP contribution < -0.4 is 0 Å². The van der Waals surface area contributed by atoms with Gasteiger partial charge in [0, 0.05) is 25.5 Å². The third kappa shape index (κ3) is 4.18. The van der Waals surface area contributed by atoms with Gasteiger partial charge in [0.2, 0.25) is 0 Å². The number of hydrogen-bond donors (Lipinski definition) is 1. The Bertz CT molecular complexity index is 319. The zero-order valence-electron chi connectivity index (χ0n) is 9.75. The van der Waals surface area contributed by atoms with Gasteiger partial charge in [0.05, 0.1) is 11.5 Å². The van der Waals surface area contributed by atoms with Crippen LogP contribution in [0.5, 0.6) is 0 Å². The van der Waals surface area contributed by atoms with Gasteiger partial charge in [-0.05, 0) is 38.9 Å². The molecule has 1 heterocycles. The van der Waals surface area contributed by atoms with E-state index < -0.39 is 0 Å². The molecule has 0 fully saturated rings. The fraction of sp³-hybridized carbons (Fsp3) is 0.583. The number of nitrogens with zero attached hydrogens (tertiary/aromatic N) is 2. The number of nitriles is 1. The van der Waals surface area contributed by atoms with Crippen LogP contribution in [-0.2, 0) is 6.42 Å². The first-order valence-electron chi connectivity index (χ1n) is 5.25. The molecule has 1 aromatic heterocycles. The van der Waals surface area contributed by atoms with E-state index in [0.29, 0.717) is 0 Å². The molecule has 0 aliphatic rings. The molecule has 82 valence electrons. The second kappa shape index (κ2) is 4.99. The minimum Gasteiger partial charge on any atom is -0.367 e. The molecule has 3 nitrogen and oxygen atoms in total. The highest BCUT2D eigenvalue weighted by Gasteiger charge is 2.18. The molecular weight excluding hydrogens is 186 g/mol. The third-order valence-corrected chi connectivity index (χ3v) is 2.41. The first-order valence-corrected chi connectivity index (χ1v) is 5.25. The fourth-order valence-electron chi connectivity index (χ4n) is 1.62. The van der Waals surface area contributed by atoms with Gasteiger partial charge in [-0.15, -0.1) is 0 Å². The molecule has 0 amide bonds. The Morgan fingerprint density at radius 1 is 1.53 bits per heavy atom. The smallest absolute Gasteiger partial charge is 0.0697 e. The molecule has 3 heteroatoms. The van der Waals surface area contributed by atoms with E-state index in [1.807, 2.05) is 26.2 Å². The zero-order chi connectivity index (χ0) is 11.3. The van der Waals surface area contributed by atoms with Crippen LogP contribution in [-0.4, -0.2) is 30.0 Å². The molecule has 1 rings (SSSR count). The Labute approximate surface area is 91.7 Å². The zero-order valence-corrected chi connectivity index (χ0v) is 9.75. The summed E-state index contributed by atoms with van der Waals surface area (Å²) in [5.74, 6) is 0. The summed E-state index contributed by atoms with van der Waals surface area (Å²) in [5.41, 5.74) is 1.06. The van der Waals surface area contributed by atoms with Crippen molar-refractivity contribution in [2.45, 2.75) is 20.3 Å². The van der Waals surface area contributed by atoms with Gasteiger partial charge in [-0.1, -0.05) is 0 Å². The minimum absolute atomic E-state index is 0.257. The van der Waals surface area contributed by atoms with E-state index in [0.717, 1.165) is 19.5 Å². The van der Waals surface area contributed by atoms with E-state index in [-0.39, 0.29) is 5.41 Å². The summed E-state index contributed by atoms with van der Waals surface area (Å²) >= 11 is 0. The third-order valence-electron chi connectivity index (χ3n) is 2.41. The van der Waals surface area contributed by atoms with E-state index in [2.05, 4.69) is 29.1 Å². The van der Waals surface area contributed by atoms with Crippen molar-refractivity contribution in [3.8, 4) is 6.07 Å². The lowest BCUT2D eigenvalue weighted by Gasteiger charge is -2.23. The number of likely N-dealkylation sites (N-methyl/N-ethyl adjacent to an activating group) is 1. The summed E-state index contributed by atoms with van der Waals surface area (Å²) in [6.07, 6.45) is 4.99. The van der Waals surface area contributed by atoms with Crippen LogP contribution in [0.4, 0.5) is 0 Å². The van der Waals surface area contributed by atoms with Crippen molar-refractivity contribution in [3.05, 3.63) is 24.0 Å².